The minimum atomic E-state index is -0.758. The first-order valence-corrected chi connectivity index (χ1v) is 14.8. The Labute approximate surface area is 236 Å². The molecule has 5 atom stereocenters. The number of nitrogens with two attached hydrogens (primary N) is 1. The van der Waals surface area contributed by atoms with Gasteiger partial charge in [0.25, 0.3) is 0 Å². The molecule has 0 aromatic heterocycles. The Bertz CT molecular complexity index is 827. The van der Waals surface area contributed by atoms with Crippen LogP contribution in [-0.2, 0) is 20.7 Å². The van der Waals surface area contributed by atoms with Gasteiger partial charge < -0.3 is 35.1 Å². The summed E-state index contributed by atoms with van der Waals surface area (Å²) < 4.78 is 22.3. The van der Waals surface area contributed by atoms with Crippen LogP contribution in [0.3, 0.4) is 0 Å². The highest BCUT2D eigenvalue weighted by Gasteiger charge is 2.30. The van der Waals surface area contributed by atoms with Crippen molar-refractivity contribution in [3.8, 4) is 11.5 Å². The smallest absolute Gasteiger partial charge is 0.223 e. The highest BCUT2D eigenvalue weighted by atomic mass is 16.5. The number of benzene rings is 1. The van der Waals surface area contributed by atoms with Crippen LogP contribution in [-0.4, -0.2) is 69.8 Å². The summed E-state index contributed by atoms with van der Waals surface area (Å²) >= 11 is 0. The molecule has 0 aliphatic carbocycles. The van der Waals surface area contributed by atoms with Crippen LogP contribution in [0.25, 0.3) is 0 Å². The molecule has 0 spiro atoms. The first-order valence-electron chi connectivity index (χ1n) is 14.8. The summed E-state index contributed by atoms with van der Waals surface area (Å²) in [6.07, 6.45) is 5.16. The molecule has 4 N–H and O–H groups in total. The summed E-state index contributed by atoms with van der Waals surface area (Å²) in [6.45, 7) is 10.9. The maximum absolute atomic E-state index is 13.0. The monoisotopic (exact) mass is 550 g/mol. The van der Waals surface area contributed by atoms with Gasteiger partial charge in [-0.15, -0.1) is 0 Å². The molecule has 0 radical (unpaired) electrons. The fourth-order valence-electron chi connectivity index (χ4n) is 5.18. The molecular formula is C31H54N2O6. The van der Waals surface area contributed by atoms with Gasteiger partial charge in [0.05, 0.1) is 25.9 Å². The number of aliphatic hydroxyl groups is 1. The van der Waals surface area contributed by atoms with Gasteiger partial charge in [-0.3, -0.25) is 4.79 Å². The number of methoxy groups -OCH3 is 2. The molecule has 1 aromatic rings. The third-order valence-corrected chi connectivity index (χ3v) is 7.90. The number of ether oxygens (including phenoxy) is 4. The molecule has 1 saturated heterocycles. The Kier molecular flexibility index (Phi) is 15.2. The number of nitrogens with one attached hydrogen (secondary N) is 1. The van der Waals surface area contributed by atoms with Crippen molar-refractivity contribution < 1.29 is 28.8 Å². The van der Waals surface area contributed by atoms with E-state index in [-0.39, 0.29) is 29.8 Å². The lowest BCUT2D eigenvalue weighted by Crippen LogP contribution is -2.44. The number of amides is 1. The second-order valence-electron chi connectivity index (χ2n) is 11.7. The Morgan fingerprint density at radius 2 is 1.87 bits per heavy atom. The van der Waals surface area contributed by atoms with Crippen LogP contribution < -0.4 is 20.5 Å². The minimum Gasteiger partial charge on any atom is -0.493 e. The number of carbonyl (C=O) groups is 1. The van der Waals surface area contributed by atoms with E-state index in [1.807, 2.05) is 26.0 Å². The van der Waals surface area contributed by atoms with E-state index in [1.165, 1.54) is 0 Å². The van der Waals surface area contributed by atoms with E-state index in [4.69, 9.17) is 24.7 Å². The Morgan fingerprint density at radius 3 is 2.49 bits per heavy atom. The van der Waals surface area contributed by atoms with Gasteiger partial charge in [0.2, 0.25) is 5.91 Å². The normalized spacial score (nSPS) is 19.0. The molecule has 1 aliphatic rings. The molecule has 1 aromatic carbocycles. The molecule has 1 fully saturated rings. The van der Waals surface area contributed by atoms with Crippen molar-refractivity contribution >= 4 is 5.91 Å². The minimum absolute atomic E-state index is 0.0258. The lowest BCUT2D eigenvalue weighted by atomic mass is 9.81. The number of hydrogen-bond acceptors (Lipinski definition) is 7. The largest absolute Gasteiger partial charge is 0.493 e. The van der Waals surface area contributed by atoms with Crippen molar-refractivity contribution in [2.75, 3.05) is 40.6 Å². The average Bonchev–Trinajstić information content (AvgIpc) is 2.92. The van der Waals surface area contributed by atoms with Crippen molar-refractivity contribution in [3.05, 3.63) is 23.8 Å². The molecule has 2 rings (SSSR count). The number of hydrogen-bond donors (Lipinski definition) is 3. The van der Waals surface area contributed by atoms with Gasteiger partial charge >= 0.3 is 0 Å². The fourth-order valence-corrected chi connectivity index (χ4v) is 5.18. The van der Waals surface area contributed by atoms with Crippen LogP contribution in [0.4, 0.5) is 0 Å². The topological polar surface area (TPSA) is 112 Å². The van der Waals surface area contributed by atoms with Crippen LogP contribution >= 0.6 is 0 Å². The van der Waals surface area contributed by atoms with Crippen molar-refractivity contribution in [3.63, 3.8) is 0 Å². The van der Waals surface area contributed by atoms with E-state index < -0.39 is 12.1 Å². The number of aliphatic hydroxyl groups excluding tert-OH is 1. The summed E-state index contributed by atoms with van der Waals surface area (Å²) in [6, 6.07) is 5.62. The number of rotatable bonds is 18. The van der Waals surface area contributed by atoms with Gasteiger partial charge in [-0.2, -0.15) is 0 Å². The standard InChI is InChI=1S/C31H54N2O6/c1-21(2)24(16-23-11-12-29(37-6)30(17-23)39-15-9-13-36-5)18-27(32)28(34)19-26(22(3)4)31(35)33-20-25-10-7-8-14-38-25/h11-12,17,21-22,24-28,34H,7-10,13-16,18-20,32H2,1-6H3,(H,33,35)/t24-,25+,26-,27-,28-/m0/s1. The van der Waals surface area contributed by atoms with E-state index in [1.54, 1.807) is 14.2 Å². The second kappa shape index (κ2) is 17.7. The summed E-state index contributed by atoms with van der Waals surface area (Å²) in [5, 5.41) is 14.1. The van der Waals surface area contributed by atoms with Crippen LogP contribution in [0.1, 0.15) is 71.8 Å². The van der Waals surface area contributed by atoms with E-state index in [2.05, 4.69) is 25.2 Å². The summed E-state index contributed by atoms with van der Waals surface area (Å²) in [4.78, 5) is 13.0. The third-order valence-electron chi connectivity index (χ3n) is 7.90. The van der Waals surface area contributed by atoms with Gasteiger partial charge in [0.15, 0.2) is 11.5 Å². The van der Waals surface area contributed by atoms with Gasteiger partial charge in [0, 0.05) is 45.2 Å². The van der Waals surface area contributed by atoms with E-state index in [0.717, 1.165) is 50.0 Å². The predicted molar refractivity (Wildman–Crippen MR) is 155 cm³/mol. The lowest BCUT2D eigenvalue weighted by Gasteiger charge is -2.30. The van der Waals surface area contributed by atoms with E-state index >= 15 is 0 Å². The highest BCUT2D eigenvalue weighted by molar-refractivity contribution is 5.78. The second-order valence-corrected chi connectivity index (χ2v) is 11.7. The maximum atomic E-state index is 13.0. The van der Waals surface area contributed by atoms with Crippen LogP contribution in [0, 0.1) is 23.7 Å². The van der Waals surface area contributed by atoms with Crippen LogP contribution in [0.15, 0.2) is 18.2 Å². The van der Waals surface area contributed by atoms with Gasteiger partial charge in [-0.25, -0.2) is 0 Å². The van der Waals surface area contributed by atoms with Crippen molar-refractivity contribution in [2.45, 2.75) is 90.9 Å². The Balaban J connectivity index is 1.97. The first-order chi connectivity index (χ1) is 18.7. The van der Waals surface area contributed by atoms with Crippen molar-refractivity contribution in [2.24, 2.45) is 29.4 Å². The predicted octanol–water partition coefficient (Wildman–Crippen LogP) is 4.35. The third kappa shape index (κ3) is 11.6. The SMILES string of the molecule is COCCCOc1cc(C[C@@H](C[C@H](N)[C@@H](O)C[C@H](C(=O)NC[C@H]2CCCCO2)C(C)C)C(C)C)ccc1OC. The zero-order valence-electron chi connectivity index (χ0n) is 25.1. The van der Waals surface area contributed by atoms with Crippen LogP contribution in [0.2, 0.25) is 0 Å². The molecule has 8 nitrogen and oxygen atoms in total. The van der Waals surface area contributed by atoms with Gasteiger partial charge in [-0.1, -0.05) is 33.8 Å². The molecule has 0 saturated carbocycles. The van der Waals surface area contributed by atoms with Gasteiger partial charge in [0.1, 0.15) is 0 Å². The summed E-state index contributed by atoms with van der Waals surface area (Å²) in [7, 11) is 3.32. The van der Waals surface area contributed by atoms with E-state index in [9.17, 15) is 9.90 Å². The molecule has 8 heteroatoms. The first kappa shape index (κ1) is 33.3. The molecule has 1 heterocycles. The lowest BCUT2D eigenvalue weighted by molar-refractivity contribution is -0.128. The molecule has 224 valence electrons. The van der Waals surface area contributed by atoms with Crippen molar-refractivity contribution in [1.82, 2.24) is 5.32 Å². The fraction of sp³-hybridized carbons (Fsp3) is 0.774. The van der Waals surface area contributed by atoms with Crippen LogP contribution in [0.5, 0.6) is 11.5 Å². The molecule has 1 amide bonds. The summed E-state index contributed by atoms with van der Waals surface area (Å²) in [5.41, 5.74) is 7.70. The Morgan fingerprint density at radius 1 is 1.10 bits per heavy atom. The maximum Gasteiger partial charge on any atom is 0.223 e. The van der Waals surface area contributed by atoms with Gasteiger partial charge in [-0.05, 0) is 74.0 Å². The van der Waals surface area contributed by atoms with E-state index in [0.29, 0.717) is 44.3 Å². The zero-order chi connectivity index (χ0) is 28.8. The molecule has 1 aliphatic heterocycles. The quantitative estimate of drug-likeness (QED) is 0.233. The summed E-state index contributed by atoms with van der Waals surface area (Å²) in [5.74, 6) is 1.84. The highest BCUT2D eigenvalue weighted by Crippen LogP contribution is 2.32. The number of carbonyl (C=O) groups excluding carboxylic acids is 1. The molecule has 39 heavy (non-hydrogen) atoms. The molecular weight excluding hydrogens is 496 g/mol. The molecule has 0 unspecified atom stereocenters. The zero-order valence-corrected chi connectivity index (χ0v) is 25.1. The van der Waals surface area contributed by atoms with Crippen molar-refractivity contribution in [1.29, 1.82) is 0 Å². The average molecular weight is 551 g/mol. The molecule has 0 bridgehead atoms. The Hall–Kier alpha value is -1.87.